The zero-order valence-corrected chi connectivity index (χ0v) is 15.7. The van der Waals surface area contributed by atoms with Gasteiger partial charge in [0.15, 0.2) is 0 Å². The summed E-state index contributed by atoms with van der Waals surface area (Å²) in [6.07, 6.45) is 1.29. The molecule has 0 fully saturated rings. The summed E-state index contributed by atoms with van der Waals surface area (Å²) in [6, 6.07) is 18.5. The molecule has 0 saturated carbocycles. The van der Waals surface area contributed by atoms with Gasteiger partial charge in [0.25, 0.3) is 5.91 Å². The highest BCUT2D eigenvalue weighted by Gasteiger charge is 2.14. The third kappa shape index (κ3) is 5.43. The van der Waals surface area contributed by atoms with E-state index in [4.69, 9.17) is 16.3 Å². The average molecular weight is 412 g/mol. The van der Waals surface area contributed by atoms with Gasteiger partial charge >= 0.3 is 5.97 Å². The SMILES string of the molecule is O=C(O)/C(=C\c1ccc(Oc2ccccc2Cl)cc1)NC(=O)c1cccc(F)c1. The first-order chi connectivity index (χ1) is 13.9. The molecule has 146 valence electrons. The van der Waals surface area contributed by atoms with Crippen molar-refractivity contribution in [3.63, 3.8) is 0 Å². The molecule has 5 nitrogen and oxygen atoms in total. The summed E-state index contributed by atoms with van der Waals surface area (Å²) in [4.78, 5) is 23.7. The van der Waals surface area contributed by atoms with Crippen LogP contribution in [-0.2, 0) is 4.79 Å². The molecule has 0 aromatic heterocycles. The summed E-state index contributed by atoms with van der Waals surface area (Å²) in [6.45, 7) is 0. The average Bonchev–Trinajstić information content (AvgIpc) is 2.70. The summed E-state index contributed by atoms with van der Waals surface area (Å²) >= 11 is 6.05. The van der Waals surface area contributed by atoms with E-state index >= 15 is 0 Å². The fourth-order valence-electron chi connectivity index (χ4n) is 2.43. The maximum absolute atomic E-state index is 13.3. The number of nitrogens with one attached hydrogen (secondary N) is 1. The van der Waals surface area contributed by atoms with Gasteiger partial charge in [-0.05, 0) is 54.1 Å². The molecular weight excluding hydrogens is 397 g/mol. The van der Waals surface area contributed by atoms with Crippen molar-refractivity contribution in [2.75, 3.05) is 0 Å². The number of amides is 1. The highest BCUT2D eigenvalue weighted by molar-refractivity contribution is 6.32. The number of halogens is 2. The normalized spacial score (nSPS) is 11.0. The van der Waals surface area contributed by atoms with Crippen molar-refractivity contribution in [3.8, 4) is 11.5 Å². The van der Waals surface area contributed by atoms with Crippen molar-refractivity contribution in [1.29, 1.82) is 0 Å². The molecule has 0 unspecified atom stereocenters. The van der Waals surface area contributed by atoms with E-state index in [0.29, 0.717) is 22.1 Å². The summed E-state index contributed by atoms with van der Waals surface area (Å²) in [5.41, 5.74) is 0.188. The molecule has 0 atom stereocenters. The molecule has 29 heavy (non-hydrogen) atoms. The summed E-state index contributed by atoms with van der Waals surface area (Å²) in [5, 5.41) is 12.1. The molecule has 0 radical (unpaired) electrons. The molecule has 3 aromatic rings. The molecule has 7 heteroatoms. The van der Waals surface area contributed by atoms with E-state index in [1.807, 2.05) is 0 Å². The van der Waals surface area contributed by atoms with Crippen LogP contribution in [0.5, 0.6) is 11.5 Å². The predicted octanol–water partition coefficient (Wildman–Crippen LogP) is 5.13. The number of carbonyl (C=O) groups excluding carboxylic acids is 1. The fourth-order valence-corrected chi connectivity index (χ4v) is 2.60. The predicted molar refractivity (Wildman–Crippen MR) is 107 cm³/mol. The van der Waals surface area contributed by atoms with Crippen LogP contribution < -0.4 is 10.1 Å². The Hall–Kier alpha value is -3.64. The Morgan fingerprint density at radius 3 is 2.38 bits per heavy atom. The first-order valence-corrected chi connectivity index (χ1v) is 8.84. The molecule has 3 rings (SSSR count). The van der Waals surface area contributed by atoms with Crippen LogP contribution in [0.1, 0.15) is 15.9 Å². The van der Waals surface area contributed by atoms with Crippen LogP contribution in [0.15, 0.2) is 78.5 Å². The monoisotopic (exact) mass is 411 g/mol. The van der Waals surface area contributed by atoms with Gasteiger partial charge in [-0.25, -0.2) is 9.18 Å². The Kier molecular flexibility index (Phi) is 6.26. The fraction of sp³-hybridized carbons (Fsp3) is 0. The number of benzene rings is 3. The lowest BCUT2D eigenvalue weighted by Gasteiger charge is -2.08. The first kappa shape index (κ1) is 20.1. The van der Waals surface area contributed by atoms with Crippen molar-refractivity contribution < 1.29 is 23.8 Å². The Morgan fingerprint density at radius 1 is 1.00 bits per heavy atom. The number of para-hydroxylation sites is 1. The van der Waals surface area contributed by atoms with E-state index in [2.05, 4.69) is 5.32 Å². The van der Waals surface area contributed by atoms with Gasteiger partial charge in [0, 0.05) is 5.56 Å². The molecule has 0 aliphatic carbocycles. The second-order valence-corrected chi connectivity index (χ2v) is 6.34. The van der Waals surface area contributed by atoms with Gasteiger partial charge < -0.3 is 15.2 Å². The standard InChI is InChI=1S/C22H15ClFNO4/c23-18-6-1-2-7-20(18)29-17-10-8-14(9-11-17)12-19(22(27)28)25-21(26)15-4-3-5-16(24)13-15/h1-13H,(H,25,26)(H,27,28)/b19-12+. The first-order valence-electron chi connectivity index (χ1n) is 8.47. The minimum atomic E-state index is -1.33. The van der Waals surface area contributed by atoms with E-state index in [9.17, 15) is 19.1 Å². The smallest absolute Gasteiger partial charge is 0.352 e. The van der Waals surface area contributed by atoms with Gasteiger partial charge in [-0.2, -0.15) is 0 Å². The Balaban J connectivity index is 1.76. The van der Waals surface area contributed by atoms with E-state index in [0.717, 1.165) is 6.07 Å². The van der Waals surface area contributed by atoms with Crippen molar-refractivity contribution in [2.24, 2.45) is 0 Å². The molecule has 0 aliphatic heterocycles. The summed E-state index contributed by atoms with van der Waals surface area (Å²) in [5.74, 6) is -1.64. The zero-order chi connectivity index (χ0) is 20.8. The maximum Gasteiger partial charge on any atom is 0.352 e. The Bertz CT molecular complexity index is 1080. The number of rotatable bonds is 6. The molecular formula is C22H15ClFNO4. The topological polar surface area (TPSA) is 75.6 Å². The number of hydrogen-bond donors (Lipinski definition) is 2. The minimum absolute atomic E-state index is 0.0145. The summed E-state index contributed by atoms with van der Waals surface area (Å²) in [7, 11) is 0. The number of aliphatic carboxylic acids is 1. The van der Waals surface area contributed by atoms with Crippen molar-refractivity contribution in [2.45, 2.75) is 0 Å². The van der Waals surface area contributed by atoms with Gasteiger partial charge in [-0.3, -0.25) is 4.79 Å². The highest BCUT2D eigenvalue weighted by Crippen LogP contribution is 2.29. The number of carboxylic acid groups (broad SMARTS) is 1. The summed E-state index contributed by atoms with van der Waals surface area (Å²) < 4.78 is 18.9. The van der Waals surface area contributed by atoms with Crippen LogP contribution in [-0.4, -0.2) is 17.0 Å². The number of carboxylic acids is 1. The van der Waals surface area contributed by atoms with Crippen LogP contribution in [0.3, 0.4) is 0 Å². The van der Waals surface area contributed by atoms with Gasteiger partial charge in [0.05, 0.1) is 5.02 Å². The molecule has 2 N–H and O–H groups in total. The van der Waals surface area contributed by atoms with Crippen LogP contribution in [0.2, 0.25) is 5.02 Å². The molecule has 1 amide bonds. The molecule has 0 spiro atoms. The van der Waals surface area contributed by atoms with Crippen LogP contribution >= 0.6 is 11.6 Å². The van der Waals surface area contributed by atoms with Crippen LogP contribution in [0.25, 0.3) is 6.08 Å². The van der Waals surface area contributed by atoms with Crippen molar-refractivity contribution >= 4 is 29.6 Å². The molecule has 3 aromatic carbocycles. The van der Waals surface area contributed by atoms with Crippen molar-refractivity contribution in [3.05, 3.63) is 100 Å². The second-order valence-electron chi connectivity index (χ2n) is 5.93. The molecule has 0 aliphatic rings. The van der Waals surface area contributed by atoms with Gasteiger partial charge in [-0.1, -0.05) is 41.9 Å². The van der Waals surface area contributed by atoms with Gasteiger partial charge in [0.1, 0.15) is 23.0 Å². The van der Waals surface area contributed by atoms with E-state index in [1.165, 1.54) is 24.3 Å². The number of ether oxygens (including phenoxy) is 1. The molecule has 0 heterocycles. The second kappa shape index (κ2) is 9.03. The van der Waals surface area contributed by atoms with Crippen LogP contribution in [0, 0.1) is 5.82 Å². The van der Waals surface area contributed by atoms with E-state index in [1.54, 1.807) is 48.5 Å². The zero-order valence-electron chi connectivity index (χ0n) is 14.9. The van der Waals surface area contributed by atoms with E-state index < -0.39 is 17.7 Å². The van der Waals surface area contributed by atoms with Crippen LogP contribution in [0.4, 0.5) is 4.39 Å². The highest BCUT2D eigenvalue weighted by atomic mass is 35.5. The van der Waals surface area contributed by atoms with E-state index in [-0.39, 0.29) is 11.3 Å². The largest absolute Gasteiger partial charge is 0.477 e. The lowest BCUT2D eigenvalue weighted by Crippen LogP contribution is -2.27. The molecule has 0 bridgehead atoms. The lowest BCUT2D eigenvalue weighted by molar-refractivity contribution is -0.132. The van der Waals surface area contributed by atoms with Gasteiger partial charge in [-0.15, -0.1) is 0 Å². The third-order valence-corrected chi connectivity index (χ3v) is 4.13. The minimum Gasteiger partial charge on any atom is -0.477 e. The molecule has 0 saturated heterocycles. The van der Waals surface area contributed by atoms with Crippen molar-refractivity contribution in [1.82, 2.24) is 5.32 Å². The number of hydrogen-bond acceptors (Lipinski definition) is 3. The van der Waals surface area contributed by atoms with Gasteiger partial charge in [0.2, 0.25) is 0 Å². The number of carbonyl (C=O) groups is 2. The maximum atomic E-state index is 13.3. The Morgan fingerprint density at radius 2 is 1.72 bits per heavy atom. The Labute approximate surface area is 171 Å². The lowest BCUT2D eigenvalue weighted by atomic mass is 10.1. The third-order valence-electron chi connectivity index (χ3n) is 3.82. The quantitative estimate of drug-likeness (QED) is 0.551.